The second kappa shape index (κ2) is 6.94. The molecule has 142 valence electrons. The van der Waals surface area contributed by atoms with Gasteiger partial charge in [-0.2, -0.15) is 0 Å². The summed E-state index contributed by atoms with van der Waals surface area (Å²) in [7, 11) is -2.07. The van der Waals surface area contributed by atoms with Crippen molar-refractivity contribution in [2.24, 2.45) is 5.92 Å². The third-order valence-corrected chi connectivity index (χ3v) is 11.5. The standard InChI is InChI=1S/C26H34Si/c1-16-10-17(2)13-24(12-16)27(9,25-14-18(3)11-19(4)15-25)26-22(7)20(5)21(6)23(26)8/h10-15,22H,1-9H3. The van der Waals surface area contributed by atoms with Gasteiger partial charge < -0.3 is 0 Å². The zero-order chi connectivity index (χ0) is 20.1. The topological polar surface area (TPSA) is 0 Å². The van der Waals surface area contributed by atoms with Gasteiger partial charge in [-0.25, -0.2) is 0 Å². The fourth-order valence-corrected chi connectivity index (χ4v) is 10.2. The summed E-state index contributed by atoms with van der Waals surface area (Å²) in [6.45, 7) is 20.9. The highest BCUT2D eigenvalue weighted by Crippen LogP contribution is 2.41. The first kappa shape index (κ1) is 19.9. The fourth-order valence-electron chi connectivity index (χ4n) is 5.18. The van der Waals surface area contributed by atoms with Crippen molar-refractivity contribution in [1.29, 1.82) is 0 Å². The SMILES string of the molecule is CC1=C(C)C(C)C([Si](C)(c2cc(C)cc(C)c2)c2cc(C)cc(C)c2)=C1C. The molecule has 1 aliphatic rings. The molecule has 2 aromatic carbocycles. The summed E-state index contributed by atoms with van der Waals surface area (Å²) < 4.78 is 0. The molecule has 0 bridgehead atoms. The third kappa shape index (κ3) is 3.27. The van der Waals surface area contributed by atoms with Gasteiger partial charge in [-0.15, -0.1) is 0 Å². The normalized spacial score (nSPS) is 17.9. The zero-order valence-electron chi connectivity index (χ0n) is 18.5. The Morgan fingerprint density at radius 1 is 0.593 bits per heavy atom. The third-order valence-electron chi connectivity index (χ3n) is 6.78. The van der Waals surface area contributed by atoms with Crippen LogP contribution in [0.3, 0.4) is 0 Å². The second-order valence-corrected chi connectivity index (χ2v) is 12.9. The van der Waals surface area contributed by atoms with Crippen LogP contribution in [0.2, 0.25) is 6.55 Å². The van der Waals surface area contributed by atoms with E-state index in [0.717, 1.165) is 0 Å². The predicted octanol–water partition coefficient (Wildman–Crippen LogP) is 5.95. The minimum atomic E-state index is -2.07. The quantitative estimate of drug-likeness (QED) is 0.582. The van der Waals surface area contributed by atoms with Gasteiger partial charge in [0.2, 0.25) is 0 Å². The lowest BCUT2D eigenvalue weighted by atomic mass is 10.1. The van der Waals surface area contributed by atoms with Gasteiger partial charge in [0.25, 0.3) is 0 Å². The van der Waals surface area contributed by atoms with Gasteiger partial charge >= 0.3 is 0 Å². The summed E-state index contributed by atoms with van der Waals surface area (Å²) in [5, 5.41) is 4.80. The maximum absolute atomic E-state index is 2.58. The van der Waals surface area contributed by atoms with Gasteiger partial charge in [0, 0.05) is 0 Å². The Labute approximate surface area is 167 Å². The zero-order valence-corrected chi connectivity index (χ0v) is 19.5. The van der Waals surface area contributed by atoms with Crippen LogP contribution in [0.5, 0.6) is 0 Å². The molecule has 0 N–H and O–H groups in total. The van der Waals surface area contributed by atoms with Gasteiger partial charge in [0.1, 0.15) is 8.07 Å². The Balaban J connectivity index is 2.38. The summed E-state index contributed by atoms with van der Waals surface area (Å²) in [5.74, 6) is 0.531. The van der Waals surface area contributed by atoms with Crippen molar-refractivity contribution in [3.8, 4) is 0 Å². The van der Waals surface area contributed by atoms with E-state index in [9.17, 15) is 0 Å². The van der Waals surface area contributed by atoms with Gasteiger partial charge in [-0.05, 0) is 70.3 Å². The van der Waals surface area contributed by atoms with E-state index in [-0.39, 0.29) is 0 Å². The molecule has 0 spiro atoms. The van der Waals surface area contributed by atoms with Crippen molar-refractivity contribution in [2.75, 3.05) is 0 Å². The monoisotopic (exact) mass is 374 g/mol. The summed E-state index contributed by atoms with van der Waals surface area (Å²) in [6, 6.07) is 14.4. The lowest BCUT2D eigenvalue weighted by Crippen LogP contribution is -2.59. The van der Waals surface area contributed by atoms with Crippen LogP contribution in [0, 0.1) is 33.6 Å². The van der Waals surface area contributed by atoms with E-state index in [1.54, 1.807) is 21.1 Å². The summed E-state index contributed by atoms with van der Waals surface area (Å²) >= 11 is 0. The Morgan fingerprint density at radius 3 is 1.26 bits per heavy atom. The molecular weight excluding hydrogens is 340 g/mol. The van der Waals surface area contributed by atoms with Crippen LogP contribution >= 0.6 is 0 Å². The van der Waals surface area contributed by atoms with E-state index in [4.69, 9.17) is 0 Å². The van der Waals surface area contributed by atoms with E-state index < -0.39 is 8.07 Å². The molecule has 0 saturated carbocycles. The minimum Gasteiger partial charge on any atom is -0.0636 e. The molecule has 0 nitrogen and oxygen atoms in total. The molecule has 0 aromatic heterocycles. The van der Waals surface area contributed by atoms with E-state index in [2.05, 4.69) is 98.3 Å². The lowest BCUT2D eigenvalue weighted by Gasteiger charge is -2.35. The van der Waals surface area contributed by atoms with Crippen molar-refractivity contribution in [2.45, 2.75) is 61.9 Å². The molecule has 1 atom stereocenters. The average Bonchev–Trinajstić information content (AvgIpc) is 2.76. The van der Waals surface area contributed by atoms with Crippen molar-refractivity contribution >= 4 is 18.4 Å². The molecule has 1 aliphatic carbocycles. The Kier molecular flexibility index (Phi) is 5.11. The van der Waals surface area contributed by atoms with Crippen LogP contribution in [-0.2, 0) is 0 Å². The number of hydrogen-bond donors (Lipinski definition) is 0. The smallest absolute Gasteiger partial charge is 0.0636 e. The van der Waals surface area contributed by atoms with E-state index in [1.165, 1.54) is 33.4 Å². The molecule has 27 heavy (non-hydrogen) atoms. The largest absolute Gasteiger partial charge is 0.142 e. The minimum absolute atomic E-state index is 0.531. The number of allylic oxidation sites excluding steroid dienone is 4. The average molecular weight is 375 g/mol. The molecule has 0 heterocycles. The van der Waals surface area contributed by atoms with E-state index in [1.807, 2.05) is 0 Å². The lowest BCUT2D eigenvalue weighted by molar-refractivity contribution is 0.850. The molecule has 0 fully saturated rings. The van der Waals surface area contributed by atoms with Gasteiger partial charge in [-0.1, -0.05) is 88.5 Å². The highest BCUT2D eigenvalue weighted by Gasteiger charge is 2.42. The van der Waals surface area contributed by atoms with Crippen LogP contribution in [0.1, 0.15) is 49.9 Å². The molecule has 1 unspecified atom stereocenters. The molecular formula is C26H34Si. The van der Waals surface area contributed by atoms with Crippen LogP contribution < -0.4 is 10.4 Å². The highest BCUT2D eigenvalue weighted by atomic mass is 28.3. The van der Waals surface area contributed by atoms with E-state index in [0.29, 0.717) is 5.92 Å². The first-order valence-electron chi connectivity index (χ1n) is 10.1. The molecule has 0 amide bonds. The molecule has 0 saturated heterocycles. The van der Waals surface area contributed by atoms with Crippen LogP contribution in [0.25, 0.3) is 0 Å². The van der Waals surface area contributed by atoms with Crippen LogP contribution in [-0.4, -0.2) is 8.07 Å². The summed E-state index contributed by atoms with van der Waals surface area (Å²) in [5.41, 5.74) is 10.1. The number of benzene rings is 2. The first-order valence-corrected chi connectivity index (χ1v) is 12.6. The van der Waals surface area contributed by atoms with Crippen molar-refractivity contribution in [1.82, 2.24) is 0 Å². The van der Waals surface area contributed by atoms with E-state index >= 15 is 0 Å². The molecule has 1 heteroatoms. The van der Waals surface area contributed by atoms with Crippen LogP contribution in [0.15, 0.2) is 58.3 Å². The number of hydrogen-bond acceptors (Lipinski definition) is 0. The fraction of sp³-hybridized carbons (Fsp3) is 0.385. The van der Waals surface area contributed by atoms with Crippen molar-refractivity contribution < 1.29 is 0 Å². The molecule has 3 rings (SSSR count). The number of rotatable bonds is 3. The Morgan fingerprint density at radius 2 is 0.963 bits per heavy atom. The van der Waals surface area contributed by atoms with Crippen molar-refractivity contribution in [3.05, 3.63) is 80.6 Å². The molecule has 0 radical (unpaired) electrons. The Hall–Kier alpha value is -1.86. The van der Waals surface area contributed by atoms with Gasteiger partial charge in [-0.3, -0.25) is 0 Å². The number of aryl methyl sites for hydroxylation is 4. The predicted molar refractivity (Wildman–Crippen MR) is 123 cm³/mol. The highest BCUT2D eigenvalue weighted by molar-refractivity contribution is 7.06. The van der Waals surface area contributed by atoms with Gasteiger partial charge in [0.05, 0.1) is 0 Å². The molecule has 0 aliphatic heterocycles. The second-order valence-electron chi connectivity index (χ2n) is 8.95. The maximum Gasteiger partial charge on any atom is 0.142 e. The Bertz CT molecular complexity index is 880. The van der Waals surface area contributed by atoms with Crippen molar-refractivity contribution in [3.63, 3.8) is 0 Å². The van der Waals surface area contributed by atoms with Crippen LogP contribution in [0.4, 0.5) is 0 Å². The molecule has 2 aromatic rings. The maximum atomic E-state index is 2.58. The summed E-state index contributed by atoms with van der Waals surface area (Å²) in [6.07, 6.45) is 0. The summed E-state index contributed by atoms with van der Waals surface area (Å²) in [4.78, 5) is 0. The van der Waals surface area contributed by atoms with Gasteiger partial charge in [0.15, 0.2) is 0 Å². The first-order chi connectivity index (χ1) is 12.6.